The van der Waals surface area contributed by atoms with Crippen LogP contribution in [0.4, 0.5) is 8.78 Å². The molecule has 0 aromatic carbocycles. The molecule has 4 rings (SSSR count). The fourth-order valence-electron chi connectivity index (χ4n) is 5.48. The smallest absolute Gasteiger partial charge is 0.459 e. The molecule has 4 aliphatic carbocycles. The van der Waals surface area contributed by atoms with Gasteiger partial charge < -0.3 is 9.47 Å². The van der Waals surface area contributed by atoms with Gasteiger partial charge in [0.05, 0.1) is 5.92 Å². The lowest BCUT2D eigenvalue weighted by molar-refractivity contribution is -0.169. The third-order valence-electron chi connectivity index (χ3n) is 7.20. The summed E-state index contributed by atoms with van der Waals surface area (Å²) in [6, 6.07) is 0. The Morgan fingerprint density at radius 1 is 1.12 bits per heavy atom. The van der Waals surface area contributed by atoms with Crippen molar-refractivity contribution in [2.75, 3.05) is 6.61 Å². The molecule has 1 N–H and O–H groups in total. The van der Waals surface area contributed by atoms with Gasteiger partial charge >= 0.3 is 27.3 Å². The number of carbonyl (C=O) groups excluding carboxylic acids is 2. The third kappa shape index (κ3) is 5.87. The van der Waals surface area contributed by atoms with Crippen LogP contribution < -0.4 is 0 Å². The lowest BCUT2D eigenvalue weighted by Gasteiger charge is -2.42. The fourth-order valence-corrected chi connectivity index (χ4v) is 5.75. The number of fused-ring (bicyclic) bond motifs is 4. The quantitative estimate of drug-likeness (QED) is 0.301. The van der Waals surface area contributed by atoms with Crippen molar-refractivity contribution in [3.8, 4) is 0 Å². The van der Waals surface area contributed by atoms with E-state index in [0.29, 0.717) is 24.7 Å². The van der Waals surface area contributed by atoms with Crippen LogP contribution in [-0.2, 0) is 29.2 Å². The first-order valence-electron chi connectivity index (χ1n) is 11.7. The Morgan fingerprint density at radius 2 is 1.68 bits per heavy atom. The van der Waals surface area contributed by atoms with Gasteiger partial charge in [0.15, 0.2) is 0 Å². The lowest BCUT2D eigenvalue weighted by atomic mass is 9.70. The Bertz CT molecular complexity index is 983. The number of esters is 2. The fraction of sp³-hybridized carbons (Fsp3) is 0.750. The van der Waals surface area contributed by atoms with Crippen LogP contribution in [0.25, 0.3) is 0 Å². The first kappa shape index (κ1) is 26.8. The maximum absolute atomic E-state index is 13.6. The molecule has 0 aliphatic heterocycles. The van der Waals surface area contributed by atoms with Crippen molar-refractivity contribution >= 4 is 22.1 Å². The van der Waals surface area contributed by atoms with E-state index in [1.54, 1.807) is 13.8 Å². The summed E-state index contributed by atoms with van der Waals surface area (Å²) >= 11 is 0. The Morgan fingerprint density at radius 3 is 2.21 bits per heavy atom. The average Bonchev–Trinajstić information content (AvgIpc) is 2.68. The van der Waals surface area contributed by atoms with E-state index in [-0.39, 0.29) is 18.3 Å². The van der Waals surface area contributed by atoms with Gasteiger partial charge in [0.2, 0.25) is 0 Å². The number of carbonyl (C=O) groups is 2. The number of allylic oxidation sites excluding steroid dienone is 2. The first-order chi connectivity index (χ1) is 15.5. The Balaban J connectivity index is 1.71. The van der Waals surface area contributed by atoms with Crippen molar-refractivity contribution < 1.29 is 40.8 Å². The number of alkyl halides is 2. The van der Waals surface area contributed by atoms with Crippen molar-refractivity contribution in [1.29, 1.82) is 0 Å². The third-order valence-corrected chi connectivity index (χ3v) is 8.02. The van der Waals surface area contributed by atoms with Crippen molar-refractivity contribution in [2.45, 2.75) is 83.5 Å². The highest BCUT2D eigenvalue weighted by molar-refractivity contribution is 7.87. The SMILES string of the molecule is CC(C)C1CCC(C(=O)OC2(C)C=C3CC(=CC(C)(COC(=O)C(F)(F)S(=O)(=O)O)C2)C3)CC1. The van der Waals surface area contributed by atoms with E-state index < -0.39 is 39.0 Å². The number of hydrogen-bond acceptors (Lipinski definition) is 6. The summed E-state index contributed by atoms with van der Waals surface area (Å²) in [5.41, 5.74) is 0.109. The Hall–Kier alpha value is -1.81. The van der Waals surface area contributed by atoms with Gasteiger partial charge in [-0.3, -0.25) is 9.35 Å². The molecule has 0 aromatic heterocycles. The predicted octanol–water partition coefficient (Wildman–Crippen LogP) is 4.83. The molecule has 2 atom stereocenters. The molecule has 0 spiro atoms. The van der Waals surface area contributed by atoms with Crippen LogP contribution in [0.15, 0.2) is 23.3 Å². The molecular weight excluding hydrogens is 470 g/mol. The van der Waals surface area contributed by atoms with Gasteiger partial charge in [0.1, 0.15) is 12.2 Å². The Kier molecular flexibility index (Phi) is 7.35. The van der Waals surface area contributed by atoms with Crippen molar-refractivity contribution in [2.24, 2.45) is 23.2 Å². The molecule has 2 fully saturated rings. The minimum atomic E-state index is -5.95. The van der Waals surface area contributed by atoms with Crippen LogP contribution in [0.3, 0.4) is 0 Å². The normalized spacial score (nSPS) is 32.0. The summed E-state index contributed by atoms with van der Waals surface area (Å²) in [4.78, 5) is 24.8. The molecule has 0 aromatic rings. The van der Waals surface area contributed by atoms with E-state index in [1.165, 1.54) is 0 Å². The summed E-state index contributed by atoms with van der Waals surface area (Å²) in [7, 11) is -5.95. The standard InChI is InChI=1S/C24H34F2O7S/c1-15(2)18-5-7-19(8-6-18)20(27)33-23(4)12-17-9-16(10-17)11-22(3,13-23)14-32-21(28)24(25,26)34(29,30)31/h11-12,15,18-19H,5-10,13-14H2,1-4H3,(H,29,30,31). The van der Waals surface area contributed by atoms with Crippen LogP contribution in [0.1, 0.15) is 72.6 Å². The Labute approximate surface area is 199 Å². The second-order valence-corrected chi connectivity index (χ2v) is 12.4. The van der Waals surface area contributed by atoms with Crippen molar-refractivity contribution in [3.63, 3.8) is 0 Å². The highest BCUT2D eigenvalue weighted by Gasteiger charge is 2.55. The van der Waals surface area contributed by atoms with Crippen LogP contribution >= 0.6 is 0 Å². The molecule has 0 heterocycles. The van der Waals surface area contributed by atoms with Gasteiger partial charge in [0.25, 0.3) is 0 Å². The predicted molar refractivity (Wildman–Crippen MR) is 120 cm³/mol. The van der Waals surface area contributed by atoms with Gasteiger partial charge in [-0.25, -0.2) is 4.79 Å². The molecule has 0 saturated heterocycles. The zero-order valence-electron chi connectivity index (χ0n) is 20.1. The topological polar surface area (TPSA) is 107 Å². The molecule has 0 radical (unpaired) electrons. The largest absolute Gasteiger partial charge is 0.465 e. The molecule has 2 saturated carbocycles. The van der Waals surface area contributed by atoms with E-state index in [9.17, 15) is 26.8 Å². The van der Waals surface area contributed by atoms with E-state index in [1.807, 2.05) is 12.2 Å². The molecule has 4 aliphatic rings. The first-order valence-corrected chi connectivity index (χ1v) is 13.1. The minimum absolute atomic E-state index is 0.158. The van der Waals surface area contributed by atoms with Crippen LogP contribution in [-0.4, -0.2) is 42.4 Å². The zero-order chi connectivity index (χ0) is 25.5. The highest BCUT2D eigenvalue weighted by Crippen LogP contribution is 2.46. The molecule has 10 heteroatoms. The molecule has 0 amide bonds. The number of hydrogen-bond donors (Lipinski definition) is 1. The molecule has 7 nitrogen and oxygen atoms in total. The van der Waals surface area contributed by atoms with Crippen molar-refractivity contribution in [1.82, 2.24) is 0 Å². The average molecular weight is 505 g/mol. The van der Waals surface area contributed by atoms with E-state index in [4.69, 9.17) is 9.29 Å². The van der Waals surface area contributed by atoms with E-state index >= 15 is 0 Å². The number of ether oxygens (including phenoxy) is 2. The maximum atomic E-state index is 13.6. The van der Waals surface area contributed by atoms with Crippen LogP contribution in [0.5, 0.6) is 0 Å². The number of halogens is 2. The van der Waals surface area contributed by atoms with E-state index in [2.05, 4.69) is 18.6 Å². The van der Waals surface area contributed by atoms with Gasteiger partial charge in [-0.1, -0.05) is 38.0 Å². The molecule has 2 unspecified atom stereocenters. The number of rotatable bonds is 7. The molecular formula is C24H34F2O7S. The summed E-state index contributed by atoms with van der Waals surface area (Å²) in [5, 5.41) is -5.06. The zero-order valence-corrected chi connectivity index (χ0v) is 20.9. The van der Waals surface area contributed by atoms with Gasteiger partial charge in [-0.15, -0.1) is 0 Å². The summed E-state index contributed by atoms with van der Waals surface area (Å²) in [6.07, 6.45) is 8.64. The van der Waals surface area contributed by atoms with Crippen LogP contribution in [0.2, 0.25) is 0 Å². The highest BCUT2D eigenvalue weighted by atomic mass is 32.2. The van der Waals surface area contributed by atoms with Gasteiger partial charge in [-0.05, 0) is 63.4 Å². The van der Waals surface area contributed by atoms with Crippen LogP contribution in [0, 0.1) is 23.2 Å². The summed E-state index contributed by atoms with van der Waals surface area (Å²) < 4.78 is 68.3. The summed E-state index contributed by atoms with van der Waals surface area (Å²) in [5.74, 6) is -1.66. The second-order valence-electron chi connectivity index (χ2n) is 10.9. The van der Waals surface area contributed by atoms with Crippen molar-refractivity contribution in [3.05, 3.63) is 23.3 Å². The molecule has 192 valence electrons. The van der Waals surface area contributed by atoms with Gasteiger partial charge in [0, 0.05) is 11.8 Å². The molecule has 34 heavy (non-hydrogen) atoms. The minimum Gasteiger partial charge on any atom is -0.459 e. The van der Waals surface area contributed by atoms with E-state index in [0.717, 1.165) is 36.8 Å². The lowest BCUT2D eigenvalue weighted by Crippen LogP contribution is -2.44. The second kappa shape index (κ2) is 9.33. The van der Waals surface area contributed by atoms with Gasteiger partial charge in [-0.2, -0.15) is 17.2 Å². The maximum Gasteiger partial charge on any atom is 0.465 e. The monoisotopic (exact) mass is 504 g/mol. The summed E-state index contributed by atoms with van der Waals surface area (Å²) in [6.45, 7) is 7.24. The molecule has 2 bridgehead atoms.